The molecule has 1 aliphatic rings. The third-order valence-electron chi connectivity index (χ3n) is 5.55. The number of alkyl halides is 3. The first-order valence-electron chi connectivity index (χ1n) is 10.5. The lowest BCUT2D eigenvalue weighted by atomic mass is 9.90. The summed E-state index contributed by atoms with van der Waals surface area (Å²) < 4.78 is 62.9. The molecule has 0 aliphatic carbocycles. The zero-order valence-electron chi connectivity index (χ0n) is 17.9. The molecule has 2 aromatic rings. The minimum absolute atomic E-state index is 0.0446. The zero-order chi connectivity index (χ0) is 23.5. The van der Waals surface area contributed by atoms with Crippen LogP contribution in [0.1, 0.15) is 49.4 Å². The number of hydroxylamine groups is 2. The van der Waals surface area contributed by atoms with Crippen LogP contribution in [0.15, 0.2) is 35.4 Å². The zero-order valence-corrected chi connectivity index (χ0v) is 18.7. The quantitative estimate of drug-likeness (QED) is 0.613. The third kappa shape index (κ3) is 5.69. The maximum atomic E-state index is 12.4. The molecule has 1 saturated heterocycles. The molecule has 1 fully saturated rings. The van der Waals surface area contributed by atoms with Crippen LogP contribution in [0.5, 0.6) is 0 Å². The van der Waals surface area contributed by atoms with Gasteiger partial charge >= 0.3 is 12.1 Å². The van der Waals surface area contributed by atoms with E-state index in [4.69, 9.17) is 0 Å². The predicted octanol–water partition coefficient (Wildman–Crippen LogP) is 3.49. The van der Waals surface area contributed by atoms with Crippen molar-refractivity contribution in [1.82, 2.24) is 14.8 Å². The van der Waals surface area contributed by atoms with Crippen LogP contribution in [-0.4, -0.2) is 54.2 Å². The minimum atomic E-state index is -5.01. The lowest BCUT2D eigenvalue weighted by Gasteiger charge is -2.30. The number of piperidine rings is 1. The van der Waals surface area contributed by atoms with Gasteiger partial charge in [-0.3, -0.25) is 4.68 Å². The lowest BCUT2D eigenvalue weighted by molar-refractivity contribution is -0.241. The van der Waals surface area contributed by atoms with Gasteiger partial charge in [0.1, 0.15) is 0 Å². The number of hydrogen-bond donors (Lipinski definition) is 0. The first-order valence-corrected chi connectivity index (χ1v) is 12.1. The average molecular weight is 474 g/mol. The summed E-state index contributed by atoms with van der Waals surface area (Å²) >= 11 is 0. The maximum Gasteiger partial charge on any atom is 0.492 e. The highest BCUT2D eigenvalue weighted by molar-refractivity contribution is 7.91. The number of nitrogens with zero attached hydrogens (tertiary/aromatic N) is 3. The van der Waals surface area contributed by atoms with E-state index in [2.05, 4.69) is 9.94 Å². The molecule has 11 heteroatoms. The van der Waals surface area contributed by atoms with Crippen molar-refractivity contribution in [2.45, 2.75) is 56.6 Å². The van der Waals surface area contributed by atoms with E-state index >= 15 is 0 Å². The van der Waals surface area contributed by atoms with Crippen LogP contribution in [0.3, 0.4) is 0 Å². The molecule has 0 N–H and O–H groups in total. The molecular formula is C21H26F3N3O4S. The summed E-state index contributed by atoms with van der Waals surface area (Å²) in [7, 11) is -3.25. The highest BCUT2D eigenvalue weighted by atomic mass is 32.2. The van der Waals surface area contributed by atoms with E-state index in [9.17, 15) is 26.4 Å². The molecule has 2 heterocycles. The predicted molar refractivity (Wildman–Crippen MR) is 111 cm³/mol. The number of carbonyl (C=O) groups excluding carboxylic acids is 1. The second-order valence-electron chi connectivity index (χ2n) is 7.71. The molecular weight excluding hydrogens is 447 g/mol. The number of aromatic nitrogens is 2. The Morgan fingerprint density at radius 2 is 1.78 bits per heavy atom. The van der Waals surface area contributed by atoms with Gasteiger partial charge in [-0.15, -0.1) is 5.06 Å². The van der Waals surface area contributed by atoms with Gasteiger partial charge in [-0.2, -0.15) is 18.3 Å². The van der Waals surface area contributed by atoms with Crippen LogP contribution in [0.25, 0.3) is 0 Å². The molecule has 1 aromatic heterocycles. The van der Waals surface area contributed by atoms with E-state index in [0.717, 1.165) is 21.9 Å². The van der Waals surface area contributed by atoms with Gasteiger partial charge < -0.3 is 4.84 Å². The summed E-state index contributed by atoms with van der Waals surface area (Å²) in [6, 6.07) is 6.72. The van der Waals surface area contributed by atoms with Crippen molar-refractivity contribution in [2.24, 2.45) is 0 Å². The van der Waals surface area contributed by atoms with E-state index in [1.54, 1.807) is 35.9 Å². The van der Waals surface area contributed by atoms with E-state index in [-0.39, 0.29) is 29.7 Å². The molecule has 0 saturated carbocycles. The van der Waals surface area contributed by atoms with Gasteiger partial charge in [0.25, 0.3) is 0 Å². The maximum absolute atomic E-state index is 12.4. The Hall–Kier alpha value is -2.40. The first-order chi connectivity index (χ1) is 15.0. The Labute approximate surface area is 185 Å². The normalized spacial score (nSPS) is 16.3. The van der Waals surface area contributed by atoms with Crippen molar-refractivity contribution in [2.75, 3.05) is 18.8 Å². The van der Waals surface area contributed by atoms with Crippen LogP contribution in [-0.2, 0) is 32.4 Å². The fourth-order valence-corrected chi connectivity index (χ4v) is 4.64. The molecule has 7 nitrogen and oxygen atoms in total. The number of benzene rings is 1. The molecule has 0 radical (unpaired) electrons. The Bertz CT molecular complexity index is 1040. The van der Waals surface area contributed by atoms with Crippen LogP contribution < -0.4 is 0 Å². The van der Waals surface area contributed by atoms with Gasteiger partial charge in [0.2, 0.25) is 0 Å². The first kappa shape index (κ1) is 24.2. The Morgan fingerprint density at radius 3 is 2.31 bits per heavy atom. The number of halogens is 3. The monoisotopic (exact) mass is 473 g/mol. The van der Waals surface area contributed by atoms with Gasteiger partial charge in [-0.1, -0.05) is 26.0 Å². The van der Waals surface area contributed by atoms with E-state index < -0.39 is 22.0 Å². The molecule has 3 rings (SSSR count). The van der Waals surface area contributed by atoms with Crippen LogP contribution in [0.2, 0.25) is 0 Å². The fraction of sp³-hybridized carbons (Fsp3) is 0.524. The van der Waals surface area contributed by atoms with Gasteiger partial charge in [-0.05, 0) is 48.4 Å². The molecule has 0 bridgehead atoms. The number of hydrogen-bond acceptors (Lipinski definition) is 6. The average Bonchev–Trinajstić information content (AvgIpc) is 3.16. The Kier molecular flexibility index (Phi) is 7.29. The van der Waals surface area contributed by atoms with Crippen molar-refractivity contribution in [1.29, 1.82) is 0 Å². The molecule has 1 aromatic carbocycles. The van der Waals surface area contributed by atoms with Crippen molar-refractivity contribution in [3.63, 3.8) is 0 Å². The molecule has 1 aliphatic heterocycles. The molecule has 0 atom stereocenters. The SMILES string of the molecule is CCc1nn(Cc2ccc(S(=O)(=O)CC)cc2)cc1C1CCN(OC(=O)C(F)(F)F)CC1. The molecule has 32 heavy (non-hydrogen) atoms. The summed E-state index contributed by atoms with van der Waals surface area (Å²) in [4.78, 5) is 15.7. The lowest BCUT2D eigenvalue weighted by Crippen LogP contribution is -2.39. The van der Waals surface area contributed by atoms with Crippen molar-refractivity contribution in [3.8, 4) is 0 Å². The summed E-state index contributed by atoms with van der Waals surface area (Å²) in [5.41, 5.74) is 2.87. The highest BCUT2D eigenvalue weighted by Gasteiger charge is 2.43. The minimum Gasteiger partial charge on any atom is -0.361 e. The number of aryl methyl sites for hydroxylation is 1. The van der Waals surface area contributed by atoms with E-state index in [0.29, 0.717) is 25.8 Å². The van der Waals surface area contributed by atoms with Crippen LogP contribution >= 0.6 is 0 Å². The van der Waals surface area contributed by atoms with Crippen LogP contribution in [0, 0.1) is 0 Å². The van der Waals surface area contributed by atoms with Crippen molar-refractivity contribution in [3.05, 3.63) is 47.3 Å². The number of carbonyl (C=O) groups is 1. The van der Waals surface area contributed by atoms with Gasteiger partial charge in [0, 0.05) is 19.3 Å². The summed E-state index contributed by atoms with van der Waals surface area (Å²) in [5.74, 6) is -2.05. The summed E-state index contributed by atoms with van der Waals surface area (Å²) in [5, 5.41) is 5.70. The third-order valence-corrected chi connectivity index (χ3v) is 7.30. The summed E-state index contributed by atoms with van der Waals surface area (Å²) in [6.45, 7) is 4.50. The second-order valence-corrected chi connectivity index (χ2v) is 9.99. The number of rotatable bonds is 7. The van der Waals surface area contributed by atoms with Crippen molar-refractivity contribution >= 4 is 15.8 Å². The highest BCUT2D eigenvalue weighted by Crippen LogP contribution is 2.31. The van der Waals surface area contributed by atoms with E-state index in [1.165, 1.54) is 0 Å². The molecule has 0 spiro atoms. The molecule has 0 amide bonds. The molecule has 0 unspecified atom stereocenters. The summed E-state index contributed by atoms with van der Waals surface area (Å²) in [6.07, 6.45) is -1.26. The van der Waals surface area contributed by atoms with Crippen LogP contribution in [0.4, 0.5) is 13.2 Å². The Balaban J connectivity index is 1.65. The van der Waals surface area contributed by atoms with Crippen molar-refractivity contribution < 1.29 is 31.2 Å². The smallest absolute Gasteiger partial charge is 0.361 e. The van der Waals surface area contributed by atoms with Gasteiger partial charge in [0.05, 0.1) is 22.9 Å². The second kappa shape index (κ2) is 9.62. The fourth-order valence-electron chi connectivity index (χ4n) is 3.76. The number of sulfone groups is 1. The largest absolute Gasteiger partial charge is 0.492 e. The Morgan fingerprint density at radius 1 is 1.16 bits per heavy atom. The van der Waals surface area contributed by atoms with E-state index in [1.807, 2.05) is 13.1 Å². The van der Waals surface area contributed by atoms with Gasteiger partial charge in [0.15, 0.2) is 9.84 Å². The molecule has 176 valence electrons. The standard InChI is InChI=1S/C21H26F3N3O4S/c1-3-19-18(16-9-11-27(12-10-16)31-20(28)21(22,23)24)14-26(25-19)13-15-5-7-17(8-6-15)32(29,30)4-2/h5-8,14,16H,3-4,9-13H2,1-2H3. The van der Waals surface area contributed by atoms with Gasteiger partial charge in [-0.25, -0.2) is 13.2 Å². The topological polar surface area (TPSA) is 81.5 Å².